The normalized spacial score (nSPS) is 20.3. The molecule has 0 amide bonds. The maximum atomic E-state index is 13.9. The lowest BCUT2D eigenvalue weighted by Gasteiger charge is -2.29. The minimum Gasteiger partial charge on any atom is -0.399 e. The number of benzene rings is 2. The van der Waals surface area contributed by atoms with Gasteiger partial charge in [-0.25, -0.2) is 0 Å². The zero-order valence-electron chi connectivity index (χ0n) is 13.0. The summed E-state index contributed by atoms with van der Waals surface area (Å²) in [5.41, 5.74) is 4.83. The second-order valence-corrected chi connectivity index (χ2v) is 6.79. The SMILES string of the molecule is Cc1cc(N)cc(C2=NOC(c3cc(Cl)cc(Cl)c3)(C(F)(F)F)C2)c1. The highest BCUT2D eigenvalue weighted by atomic mass is 35.5. The number of anilines is 1. The standard InChI is InChI=1S/C17H13Cl2F3N2O/c1-9-2-10(4-14(23)3-9)15-8-16(25-24-15,17(20,21)22)11-5-12(18)7-13(19)6-11/h2-7H,8,23H2,1H3. The van der Waals surface area contributed by atoms with Crippen LogP contribution >= 0.6 is 23.2 Å². The summed E-state index contributed by atoms with van der Waals surface area (Å²) < 4.78 is 41.7. The minimum atomic E-state index is -4.72. The third-order valence-corrected chi connectivity index (χ3v) is 4.38. The highest BCUT2D eigenvalue weighted by Crippen LogP contribution is 2.49. The number of rotatable bonds is 2. The fourth-order valence-electron chi connectivity index (χ4n) is 2.82. The lowest BCUT2D eigenvalue weighted by molar-refractivity contribution is -0.275. The number of nitrogens with zero attached hydrogens (tertiary/aromatic N) is 1. The molecule has 1 unspecified atom stereocenters. The summed E-state index contributed by atoms with van der Waals surface area (Å²) in [5, 5.41) is 3.87. The van der Waals surface area contributed by atoms with Crippen molar-refractivity contribution in [1.29, 1.82) is 0 Å². The van der Waals surface area contributed by atoms with Crippen molar-refractivity contribution in [3.05, 3.63) is 63.1 Å². The molecule has 0 spiro atoms. The number of alkyl halides is 3. The molecule has 25 heavy (non-hydrogen) atoms. The van der Waals surface area contributed by atoms with Crippen LogP contribution in [-0.4, -0.2) is 11.9 Å². The van der Waals surface area contributed by atoms with Crippen molar-refractivity contribution in [3.63, 3.8) is 0 Å². The molecule has 3 rings (SSSR count). The van der Waals surface area contributed by atoms with Gasteiger partial charge < -0.3 is 10.6 Å². The lowest BCUT2D eigenvalue weighted by atomic mass is 9.86. The Kier molecular flexibility index (Phi) is 4.37. The Morgan fingerprint density at radius 3 is 2.28 bits per heavy atom. The van der Waals surface area contributed by atoms with Crippen molar-refractivity contribution in [2.24, 2.45) is 5.16 Å². The quantitative estimate of drug-likeness (QED) is 0.693. The molecule has 2 aromatic carbocycles. The molecule has 0 fully saturated rings. The highest BCUT2D eigenvalue weighted by Gasteiger charge is 2.62. The monoisotopic (exact) mass is 388 g/mol. The van der Waals surface area contributed by atoms with E-state index < -0.39 is 18.2 Å². The molecule has 0 saturated carbocycles. The summed E-state index contributed by atoms with van der Waals surface area (Å²) in [6, 6.07) is 8.71. The first-order valence-corrected chi connectivity index (χ1v) is 8.02. The molecule has 2 aromatic rings. The van der Waals surface area contributed by atoms with E-state index in [4.69, 9.17) is 33.8 Å². The molecule has 3 nitrogen and oxygen atoms in total. The maximum Gasteiger partial charge on any atom is 0.435 e. The van der Waals surface area contributed by atoms with Gasteiger partial charge in [0.25, 0.3) is 5.60 Å². The Morgan fingerprint density at radius 1 is 1.08 bits per heavy atom. The van der Waals surface area contributed by atoms with Crippen LogP contribution < -0.4 is 5.73 Å². The van der Waals surface area contributed by atoms with E-state index in [9.17, 15) is 13.2 Å². The Bertz CT molecular complexity index is 827. The topological polar surface area (TPSA) is 47.6 Å². The van der Waals surface area contributed by atoms with Crippen molar-refractivity contribution in [3.8, 4) is 0 Å². The molecule has 0 saturated heterocycles. The van der Waals surface area contributed by atoms with E-state index in [0.29, 0.717) is 11.3 Å². The van der Waals surface area contributed by atoms with Crippen LogP contribution in [0.15, 0.2) is 41.6 Å². The largest absolute Gasteiger partial charge is 0.435 e. The van der Waals surface area contributed by atoms with E-state index in [1.54, 1.807) is 25.1 Å². The average Bonchev–Trinajstić information content (AvgIpc) is 2.91. The number of nitrogen functional groups attached to an aromatic ring is 1. The van der Waals surface area contributed by atoms with Crippen LogP contribution in [-0.2, 0) is 10.4 Å². The van der Waals surface area contributed by atoms with Crippen LogP contribution in [0.3, 0.4) is 0 Å². The van der Waals surface area contributed by atoms with Crippen LogP contribution in [0, 0.1) is 6.92 Å². The van der Waals surface area contributed by atoms with Gasteiger partial charge in [0.05, 0.1) is 5.71 Å². The second kappa shape index (κ2) is 6.11. The van der Waals surface area contributed by atoms with Crippen LogP contribution in [0.25, 0.3) is 0 Å². The summed E-state index contributed by atoms with van der Waals surface area (Å²) in [6.45, 7) is 1.80. The number of halogens is 5. The Morgan fingerprint density at radius 2 is 1.72 bits per heavy atom. The summed E-state index contributed by atoms with van der Waals surface area (Å²) in [7, 11) is 0. The molecule has 132 valence electrons. The summed E-state index contributed by atoms with van der Waals surface area (Å²) in [5.74, 6) is 0. The first-order chi connectivity index (χ1) is 11.6. The van der Waals surface area contributed by atoms with E-state index in [1.165, 1.54) is 18.2 Å². The van der Waals surface area contributed by atoms with Gasteiger partial charge in [-0.3, -0.25) is 0 Å². The zero-order chi connectivity index (χ0) is 18.4. The number of hydrogen-bond acceptors (Lipinski definition) is 3. The van der Waals surface area contributed by atoms with Gasteiger partial charge in [-0.2, -0.15) is 13.2 Å². The lowest BCUT2D eigenvalue weighted by Crippen LogP contribution is -2.42. The van der Waals surface area contributed by atoms with E-state index in [1.807, 2.05) is 0 Å². The van der Waals surface area contributed by atoms with Crippen molar-refractivity contribution in [1.82, 2.24) is 0 Å². The van der Waals surface area contributed by atoms with Crippen LogP contribution in [0.1, 0.15) is 23.1 Å². The van der Waals surface area contributed by atoms with Gasteiger partial charge in [0.2, 0.25) is 0 Å². The van der Waals surface area contributed by atoms with E-state index in [0.717, 1.165) is 5.56 Å². The molecule has 1 atom stereocenters. The number of oxime groups is 1. The smallest absolute Gasteiger partial charge is 0.399 e. The minimum absolute atomic E-state index is 0.0861. The van der Waals surface area contributed by atoms with Gasteiger partial charge in [0, 0.05) is 33.3 Å². The molecule has 0 bridgehead atoms. The van der Waals surface area contributed by atoms with Crippen molar-refractivity contribution in [2.75, 3.05) is 5.73 Å². The molecule has 2 N–H and O–H groups in total. The first kappa shape index (κ1) is 17.9. The highest BCUT2D eigenvalue weighted by molar-refractivity contribution is 6.34. The molecule has 1 aliphatic rings. The summed E-state index contributed by atoms with van der Waals surface area (Å²) >= 11 is 11.7. The van der Waals surface area contributed by atoms with Gasteiger partial charge in [0.1, 0.15) is 0 Å². The molecular weight excluding hydrogens is 376 g/mol. The molecule has 0 aliphatic carbocycles. The zero-order valence-corrected chi connectivity index (χ0v) is 14.5. The Hall–Kier alpha value is -1.92. The van der Waals surface area contributed by atoms with E-state index in [2.05, 4.69) is 5.16 Å². The molecule has 1 heterocycles. The maximum absolute atomic E-state index is 13.9. The van der Waals surface area contributed by atoms with Gasteiger partial charge in [0.15, 0.2) is 0 Å². The predicted octanol–water partition coefficient (Wildman–Crippen LogP) is 5.47. The molecule has 1 aliphatic heterocycles. The van der Waals surface area contributed by atoms with Crippen LogP contribution in [0.4, 0.5) is 18.9 Å². The number of aryl methyl sites for hydroxylation is 1. The fraction of sp³-hybridized carbons (Fsp3) is 0.235. The number of nitrogens with two attached hydrogens (primary N) is 1. The van der Waals surface area contributed by atoms with Crippen molar-refractivity contribution < 1.29 is 18.0 Å². The van der Waals surface area contributed by atoms with Gasteiger partial charge in [-0.1, -0.05) is 28.4 Å². The van der Waals surface area contributed by atoms with E-state index in [-0.39, 0.29) is 21.3 Å². The second-order valence-electron chi connectivity index (χ2n) is 5.92. The fourth-order valence-corrected chi connectivity index (χ4v) is 3.35. The Balaban J connectivity index is 2.06. The third-order valence-electron chi connectivity index (χ3n) is 3.95. The first-order valence-electron chi connectivity index (χ1n) is 7.27. The van der Waals surface area contributed by atoms with Crippen molar-refractivity contribution in [2.45, 2.75) is 25.1 Å². The van der Waals surface area contributed by atoms with Gasteiger partial charge in [-0.15, -0.1) is 0 Å². The molecular formula is C17H13Cl2F3N2O. The van der Waals surface area contributed by atoms with Crippen LogP contribution in [0.5, 0.6) is 0 Å². The third kappa shape index (κ3) is 3.28. The average molecular weight is 389 g/mol. The van der Waals surface area contributed by atoms with Gasteiger partial charge >= 0.3 is 6.18 Å². The van der Waals surface area contributed by atoms with Gasteiger partial charge in [-0.05, 0) is 48.9 Å². The Labute approximate surface area is 152 Å². The van der Waals surface area contributed by atoms with Crippen molar-refractivity contribution >= 4 is 34.6 Å². The summed E-state index contributed by atoms with van der Waals surface area (Å²) in [6.07, 6.45) is -5.22. The van der Waals surface area contributed by atoms with Crippen LogP contribution in [0.2, 0.25) is 10.0 Å². The summed E-state index contributed by atoms with van der Waals surface area (Å²) in [4.78, 5) is 4.95. The number of hydrogen-bond donors (Lipinski definition) is 1. The predicted molar refractivity (Wildman–Crippen MR) is 92.0 cm³/mol. The van der Waals surface area contributed by atoms with E-state index >= 15 is 0 Å². The molecule has 0 radical (unpaired) electrons. The molecule has 0 aromatic heterocycles. The molecule has 8 heteroatoms.